The van der Waals surface area contributed by atoms with E-state index in [0.717, 1.165) is 29.1 Å². The van der Waals surface area contributed by atoms with Crippen LogP contribution in [0.4, 0.5) is 8.78 Å². The summed E-state index contributed by atoms with van der Waals surface area (Å²) in [6, 6.07) is 11.2. The SMILES string of the molecule is COCCNCc1ccccc1Sc1cc(F)ccc1F. The quantitative estimate of drug-likeness (QED) is 0.785. The zero-order valence-corrected chi connectivity index (χ0v) is 12.6. The number of halogens is 2. The normalized spacial score (nSPS) is 10.8. The molecule has 5 heteroatoms. The molecular formula is C16H17F2NOS. The molecule has 0 fully saturated rings. The molecule has 112 valence electrons. The lowest BCUT2D eigenvalue weighted by molar-refractivity contribution is 0.199. The van der Waals surface area contributed by atoms with Gasteiger partial charge in [0.1, 0.15) is 11.6 Å². The van der Waals surface area contributed by atoms with E-state index in [9.17, 15) is 8.78 Å². The molecule has 0 aliphatic heterocycles. The van der Waals surface area contributed by atoms with Crippen LogP contribution in [-0.4, -0.2) is 20.3 Å². The van der Waals surface area contributed by atoms with E-state index in [1.54, 1.807) is 7.11 Å². The molecule has 0 spiro atoms. The van der Waals surface area contributed by atoms with E-state index in [2.05, 4.69) is 5.32 Å². The minimum Gasteiger partial charge on any atom is -0.383 e. The molecule has 2 nitrogen and oxygen atoms in total. The number of benzene rings is 2. The van der Waals surface area contributed by atoms with Gasteiger partial charge in [0.25, 0.3) is 0 Å². The summed E-state index contributed by atoms with van der Waals surface area (Å²) in [5.41, 5.74) is 1.04. The van der Waals surface area contributed by atoms with Crippen LogP contribution in [-0.2, 0) is 11.3 Å². The molecule has 0 amide bonds. The number of rotatable bonds is 7. The lowest BCUT2D eigenvalue weighted by atomic mass is 10.2. The van der Waals surface area contributed by atoms with Crippen LogP contribution in [0.2, 0.25) is 0 Å². The number of methoxy groups -OCH3 is 1. The Balaban J connectivity index is 2.10. The van der Waals surface area contributed by atoms with Gasteiger partial charge < -0.3 is 10.1 Å². The van der Waals surface area contributed by atoms with Crippen molar-refractivity contribution in [1.82, 2.24) is 5.32 Å². The van der Waals surface area contributed by atoms with Crippen molar-refractivity contribution in [1.29, 1.82) is 0 Å². The molecule has 0 heterocycles. The lowest BCUT2D eigenvalue weighted by Crippen LogP contribution is -2.18. The molecule has 0 radical (unpaired) electrons. The molecule has 0 aliphatic rings. The molecule has 0 unspecified atom stereocenters. The van der Waals surface area contributed by atoms with Gasteiger partial charge in [-0.15, -0.1) is 0 Å². The molecule has 2 rings (SSSR count). The van der Waals surface area contributed by atoms with E-state index in [1.807, 2.05) is 24.3 Å². The fraction of sp³-hybridized carbons (Fsp3) is 0.250. The number of hydrogen-bond donors (Lipinski definition) is 1. The standard InChI is InChI=1S/C16H17F2NOS/c1-20-9-8-19-11-12-4-2-3-5-15(12)21-16-10-13(17)6-7-14(16)18/h2-7,10,19H,8-9,11H2,1H3. The van der Waals surface area contributed by atoms with E-state index in [0.29, 0.717) is 18.0 Å². The summed E-state index contributed by atoms with van der Waals surface area (Å²) >= 11 is 1.23. The van der Waals surface area contributed by atoms with Crippen LogP contribution < -0.4 is 5.32 Å². The van der Waals surface area contributed by atoms with Gasteiger partial charge in [0, 0.05) is 25.1 Å². The Hall–Kier alpha value is -1.43. The predicted molar refractivity (Wildman–Crippen MR) is 80.5 cm³/mol. The Morgan fingerprint density at radius 2 is 1.90 bits per heavy atom. The van der Waals surface area contributed by atoms with Gasteiger partial charge in [-0.25, -0.2) is 8.78 Å². The molecule has 0 saturated carbocycles. The van der Waals surface area contributed by atoms with Crippen LogP contribution in [0.5, 0.6) is 0 Å². The van der Waals surface area contributed by atoms with Crippen LogP contribution in [0.15, 0.2) is 52.3 Å². The highest BCUT2D eigenvalue weighted by atomic mass is 32.2. The third-order valence-corrected chi connectivity index (χ3v) is 4.04. The first-order valence-corrected chi connectivity index (χ1v) is 7.43. The highest BCUT2D eigenvalue weighted by Crippen LogP contribution is 2.32. The van der Waals surface area contributed by atoms with Gasteiger partial charge >= 0.3 is 0 Å². The average molecular weight is 309 g/mol. The number of ether oxygens (including phenoxy) is 1. The molecule has 21 heavy (non-hydrogen) atoms. The minimum atomic E-state index is -0.436. The first kappa shape index (κ1) is 15.9. The molecule has 2 aromatic carbocycles. The van der Waals surface area contributed by atoms with Gasteiger partial charge in [0.15, 0.2) is 0 Å². The maximum atomic E-state index is 13.7. The highest BCUT2D eigenvalue weighted by molar-refractivity contribution is 7.99. The Morgan fingerprint density at radius 3 is 2.71 bits per heavy atom. The topological polar surface area (TPSA) is 21.3 Å². The summed E-state index contributed by atoms with van der Waals surface area (Å²) in [4.78, 5) is 1.20. The first-order valence-electron chi connectivity index (χ1n) is 6.61. The zero-order valence-electron chi connectivity index (χ0n) is 11.7. The van der Waals surface area contributed by atoms with Crippen molar-refractivity contribution in [2.75, 3.05) is 20.3 Å². The Bertz CT molecular complexity index is 592. The van der Waals surface area contributed by atoms with Crippen LogP contribution in [0.1, 0.15) is 5.56 Å². The second-order valence-corrected chi connectivity index (χ2v) is 5.54. The van der Waals surface area contributed by atoms with Gasteiger partial charge in [-0.3, -0.25) is 0 Å². The summed E-state index contributed by atoms with van der Waals surface area (Å²) < 4.78 is 31.9. The summed E-state index contributed by atoms with van der Waals surface area (Å²) in [7, 11) is 1.65. The van der Waals surface area contributed by atoms with E-state index >= 15 is 0 Å². The van der Waals surface area contributed by atoms with Crippen molar-refractivity contribution in [2.24, 2.45) is 0 Å². The lowest BCUT2D eigenvalue weighted by Gasteiger charge is -2.10. The smallest absolute Gasteiger partial charge is 0.137 e. The highest BCUT2D eigenvalue weighted by Gasteiger charge is 2.09. The summed E-state index contributed by atoms with van der Waals surface area (Å²) in [5, 5.41) is 3.25. The largest absolute Gasteiger partial charge is 0.383 e. The Morgan fingerprint density at radius 1 is 1.10 bits per heavy atom. The molecule has 0 aromatic heterocycles. The van der Waals surface area contributed by atoms with Crippen molar-refractivity contribution in [3.8, 4) is 0 Å². The van der Waals surface area contributed by atoms with Crippen LogP contribution >= 0.6 is 11.8 Å². The monoisotopic (exact) mass is 309 g/mol. The van der Waals surface area contributed by atoms with Gasteiger partial charge in [0.05, 0.1) is 11.5 Å². The maximum Gasteiger partial charge on any atom is 0.137 e. The molecule has 1 N–H and O–H groups in total. The predicted octanol–water partition coefficient (Wildman–Crippen LogP) is 3.85. The van der Waals surface area contributed by atoms with Crippen molar-refractivity contribution >= 4 is 11.8 Å². The summed E-state index contributed by atoms with van der Waals surface area (Å²) in [5.74, 6) is -0.849. The van der Waals surface area contributed by atoms with Crippen molar-refractivity contribution in [2.45, 2.75) is 16.3 Å². The first-order chi connectivity index (χ1) is 10.2. The van der Waals surface area contributed by atoms with Crippen LogP contribution in [0.3, 0.4) is 0 Å². The fourth-order valence-electron chi connectivity index (χ4n) is 1.82. The van der Waals surface area contributed by atoms with Crippen LogP contribution in [0.25, 0.3) is 0 Å². The number of hydrogen-bond acceptors (Lipinski definition) is 3. The number of nitrogens with one attached hydrogen (secondary N) is 1. The third kappa shape index (κ3) is 4.81. The van der Waals surface area contributed by atoms with Crippen LogP contribution in [0, 0.1) is 11.6 Å². The van der Waals surface area contributed by atoms with Crippen molar-refractivity contribution in [3.63, 3.8) is 0 Å². The molecular weight excluding hydrogens is 292 g/mol. The minimum absolute atomic E-state index is 0.291. The molecule has 0 saturated heterocycles. The summed E-state index contributed by atoms with van der Waals surface area (Å²) in [6.07, 6.45) is 0. The molecule has 0 atom stereocenters. The molecule has 0 bridgehead atoms. The Labute approximate surface area is 127 Å². The molecule has 2 aromatic rings. The third-order valence-electron chi connectivity index (χ3n) is 2.88. The maximum absolute atomic E-state index is 13.7. The van der Waals surface area contributed by atoms with Crippen molar-refractivity contribution in [3.05, 3.63) is 59.7 Å². The van der Waals surface area contributed by atoms with Gasteiger partial charge in [0.2, 0.25) is 0 Å². The second kappa shape index (κ2) is 8.12. The molecule has 0 aliphatic carbocycles. The average Bonchev–Trinajstić information content (AvgIpc) is 2.49. The second-order valence-electron chi connectivity index (χ2n) is 4.45. The summed E-state index contributed by atoms with van der Waals surface area (Å²) in [6.45, 7) is 2.03. The van der Waals surface area contributed by atoms with E-state index < -0.39 is 11.6 Å². The zero-order chi connectivity index (χ0) is 15.1. The van der Waals surface area contributed by atoms with Gasteiger partial charge in [-0.2, -0.15) is 0 Å². The van der Waals surface area contributed by atoms with Gasteiger partial charge in [-0.05, 0) is 29.8 Å². The van der Waals surface area contributed by atoms with E-state index in [1.165, 1.54) is 17.8 Å². The van der Waals surface area contributed by atoms with Gasteiger partial charge in [-0.1, -0.05) is 30.0 Å². The fourth-order valence-corrected chi connectivity index (χ4v) is 2.81. The van der Waals surface area contributed by atoms with E-state index in [-0.39, 0.29) is 0 Å². The van der Waals surface area contributed by atoms with Crippen molar-refractivity contribution < 1.29 is 13.5 Å². The van der Waals surface area contributed by atoms with E-state index in [4.69, 9.17) is 4.74 Å². The Kier molecular flexibility index (Phi) is 6.17.